The van der Waals surface area contributed by atoms with Gasteiger partial charge in [0.05, 0.1) is 12.7 Å². The maximum atomic E-state index is 11.1. The maximum Gasteiger partial charge on any atom is 0.335 e. The Balaban J connectivity index is 1.91. The summed E-state index contributed by atoms with van der Waals surface area (Å²) in [6, 6.07) is 13.3. The minimum absolute atomic E-state index is 0.290. The van der Waals surface area contributed by atoms with Crippen LogP contribution in [0.3, 0.4) is 0 Å². The number of nitrogens with zero attached hydrogens (tertiary/aromatic N) is 1. The zero-order chi connectivity index (χ0) is 14.8. The highest BCUT2D eigenvalue weighted by atomic mass is 16.5. The molecule has 0 fully saturated rings. The highest BCUT2D eigenvalue weighted by Crippen LogP contribution is 2.31. The lowest BCUT2D eigenvalue weighted by Crippen LogP contribution is -2.20. The summed E-state index contributed by atoms with van der Waals surface area (Å²) in [6.07, 6.45) is 1.02. The molecule has 3 rings (SSSR count). The molecule has 1 heterocycles. The van der Waals surface area contributed by atoms with Crippen molar-refractivity contribution < 1.29 is 14.6 Å². The Morgan fingerprint density at radius 3 is 2.86 bits per heavy atom. The van der Waals surface area contributed by atoms with Crippen LogP contribution in [0, 0.1) is 0 Å². The van der Waals surface area contributed by atoms with Crippen LogP contribution >= 0.6 is 0 Å². The summed E-state index contributed by atoms with van der Waals surface area (Å²) in [6.45, 7) is 1.60. The van der Waals surface area contributed by atoms with E-state index >= 15 is 0 Å². The minimum Gasteiger partial charge on any atom is -0.496 e. The number of ether oxygens (including phenoxy) is 1. The van der Waals surface area contributed by atoms with Gasteiger partial charge in [-0.1, -0.05) is 18.2 Å². The molecule has 1 aliphatic heterocycles. The van der Waals surface area contributed by atoms with Crippen molar-refractivity contribution in [2.75, 3.05) is 18.6 Å². The first kappa shape index (κ1) is 13.5. The monoisotopic (exact) mass is 283 g/mol. The fraction of sp³-hybridized carbons (Fsp3) is 0.235. The van der Waals surface area contributed by atoms with Gasteiger partial charge in [-0.2, -0.15) is 0 Å². The Hall–Kier alpha value is -2.49. The Bertz CT molecular complexity index is 681. The Morgan fingerprint density at radius 1 is 1.29 bits per heavy atom. The molecule has 4 nitrogen and oxygen atoms in total. The van der Waals surface area contributed by atoms with Crippen LogP contribution in [-0.2, 0) is 13.0 Å². The van der Waals surface area contributed by atoms with Crippen molar-refractivity contribution >= 4 is 11.7 Å². The van der Waals surface area contributed by atoms with Crippen molar-refractivity contribution in [3.63, 3.8) is 0 Å². The van der Waals surface area contributed by atoms with Crippen molar-refractivity contribution in [2.24, 2.45) is 0 Å². The van der Waals surface area contributed by atoms with Gasteiger partial charge in [-0.15, -0.1) is 0 Å². The van der Waals surface area contributed by atoms with Crippen molar-refractivity contribution in [3.05, 3.63) is 59.2 Å². The molecule has 4 heteroatoms. The third kappa shape index (κ3) is 2.57. The Labute approximate surface area is 123 Å². The highest BCUT2D eigenvalue weighted by molar-refractivity contribution is 5.88. The molecular weight excluding hydrogens is 266 g/mol. The van der Waals surface area contributed by atoms with Crippen LogP contribution in [0.2, 0.25) is 0 Å². The van der Waals surface area contributed by atoms with Crippen molar-refractivity contribution in [2.45, 2.75) is 13.0 Å². The number of carboxylic acid groups (broad SMARTS) is 1. The van der Waals surface area contributed by atoms with Gasteiger partial charge in [-0.25, -0.2) is 4.79 Å². The fourth-order valence-electron chi connectivity index (χ4n) is 2.81. The third-order valence-electron chi connectivity index (χ3n) is 3.87. The molecule has 0 radical (unpaired) electrons. The van der Waals surface area contributed by atoms with Crippen molar-refractivity contribution in [1.82, 2.24) is 0 Å². The third-order valence-corrected chi connectivity index (χ3v) is 3.87. The van der Waals surface area contributed by atoms with Crippen LogP contribution in [0.4, 0.5) is 5.69 Å². The van der Waals surface area contributed by atoms with Crippen molar-refractivity contribution in [3.8, 4) is 5.75 Å². The lowest BCUT2D eigenvalue weighted by molar-refractivity contribution is 0.0696. The molecule has 0 amide bonds. The number of anilines is 1. The van der Waals surface area contributed by atoms with Gasteiger partial charge in [0.1, 0.15) is 5.75 Å². The second-order valence-electron chi connectivity index (χ2n) is 5.13. The van der Waals surface area contributed by atoms with E-state index in [9.17, 15) is 4.79 Å². The molecule has 2 aromatic rings. The van der Waals surface area contributed by atoms with Gasteiger partial charge >= 0.3 is 5.97 Å². The van der Waals surface area contributed by atoms with Crippen LogP contribution in [-0.4, -0.2) is 24.7 Å². The van der Waals surface area contributed by atoms with Crippen LogP contribution in [0.25, 0.3) is 0 Å². The summed E-state index contributed by atoms with van der Waals surface area (Å²) in [5, 5.41) is 9.14. The first-order chi connectivity index (χ1) is 10.2. The summed E-state index contributed by atoms with van der Waals surface area (Å²) in [5.41, 5.74) is 3.75. The average molecular weight is 283 g/mol. The molecular formula is C17H17NO3. The molecule has 0 bridgehead atoms. The lowest BCUT2D eigenvalue weighted by Gasteiger charge is -2.21. The normalized spacial score (nSPS) is 13.1. The molecule has 0 saturated heterocycles. The number of aromatic carboxylic acids is 1. The standard InChI is InChI=1S/C17H17NO3/c1-21-16-7-6-13(17(19)20)10-14(16)11-18-9-8-12-4-2-3-5-15(12)18/h2-7,10H,8-9,11H2,1H3,(H,19,20). The van der Waals surface area contributed by atoms with E-state index in [4.69, 9.17) is 9.84 Å². The molecule has 108 valence electrons. The molecule has 21 heavy (non-hydrogen) atoms. The number of para-hydroxylation sites is 1. The summed E-state index contributed by atoms with van der Waals surface area (Å²) >= 11 is 0. The van der Waals surface area contributed by atoms with Crippen LogP contribution in [0.5, 0.6) is 5.75 Å². The maximum absolute atomic E-state index is 11.1. The van der Waals surface area contributed by atoms with Gasteiger partial charge in [-0.05, 0) is 36.2 Å². The summed E-state index contributed by atoms with van der Waals surface area (Å²) in [4.78, 5) is 13.4. The van der Waals surface area contributed by atoms with Crippen LogP contribution in [0.15, 0.2) is 42.5 Å². The second kappa shape index (κ2) is 5.48. The average Bonchev–Trinajstić information content (AvgIpc) is 2.90. The molecule has 0 saturated carbocycles. The van der Waals surface area contributed by atoms with Gasteiger partial charge in [0.15, 0.2) is 0 Å². The molecule has 0 aliphatic carbocycles. The largest absolute Gasteiger partial charge is 0.496 e. The van der Waals surface area contributed by atoms with Gasteiger partial charge in [0, 0.05) is 24.3 Å². The molecule has 0 aromatic heterocycles. The molecule has 2 aromatic carbocycles. The highest BCUT2D eigenvalue weighted by Gasteiger charge is 2.20. The Kier molecular flexibility index (Phi) is 3.52. The van der Waals surface area contributed by atoms with E-state index < -0.39 is 5.97 Å². The number of carbonyl (C=O) groups is 1. The molecule has 1 N–H and O–H groups in total. The van der Waals surface area contributed by atoms with Gasteiger partial charge in [0.2, 0.25) is 0 Å². The topological polar surface area (TPSA) is 49.8 Å². The smallest absolute Gasteiger partial charge is 0.335 e. The van der Waals surface area contributed by atoms with Gasteiger partial charge in [-0.3, -0.25) is 0 Å². The zero-order valence-electron chi connectivity index (χ0n) is 11.9. The van der Waals surface area contributed by atoms with Gasteiger partial charge in [0.25, 0.3) is 0 Å². The van der Waals surface area contributed by atoms with E-state index in [-0.39, 0.29) is 0 Å². The summed E-state index contributed by atoms with van der Waals surface area (Å²) in [7, 11) is 1.61. The first-order valence-electron chi connectivity index (χ1n) is 6.92. The lowest BCUT2D eigenvalue weighted by atomic mass is 10.1. The van der Waals surface area contributed by atoms with E-state index in [1.54, 1.807) is 25.3 Å². The van der Waals surface area contributed by atoms with Crippen LogP contribution < -0.4 is 9.64 Å². The SMILES string of the molecule is COc1ccc(C(=O)O)cc1CN1CCc2ccccc21. The number of benzene rings is 2. The minimum atomic E-state index is -0.916. The number of methoxy groups -OCH3 is 1. The number of carboxylic acids is 1. The van der Waals surface area contributed by atoms with Gasteiger partial charge < -0.3 is 14.7 Å². The van der Waals surface area contributed by atoms with Crippen LogP contribution in [0.1, 0.15) is 21.5 Å². The number of fused-ring (bicyclic) bond motifs is 1. The number of rotatable bonds is 4. The van der Waals surface area contributed by atoms with E-state index in [1.165, 1.54) is 11.3 Å². The van der Waals surface area contributed by atoms with E-state index in [0.29, 0.717) is 12.1 Å². The molecule has 0 spiro atoms. The fourth-order valence-corrected chi connectivity index (χ4v) is 2.81. The second-order valence-corrected chi connectivity index (χ2v) is 5.13. The molecule has 0 atom stereocenters. The quantitative estimate of drug-likeness (QED) is 0.937. The van der Waals surface area contributed by atoms with E-state index in [1.807, 2.05) is 12.1 Å². The van der Waals surface area contributed by atoms with E-state index in [0.717, 1.165) is 24.3 Å². The van der Waals surface area contributed by atoms with E-state index in [2.05, 4.69) is 17.0 Å². The summed E-state index contributed by atoms with van der Waals surface area (Å²) < 4.78 is 5.36. The summed E-state index contributed by atoms with van der Waals surface area (Å²) in [5.74, 6) is -0.190. The predicted octanol–water partition coefficient (Wildman–Crippen LogP) is 2.96. The molecule has 0 unspecified atom stereocenters. The predicted molar refractivity (Wildman–Crippen MR) is 81.1 cm³/mol. The first-order valence-corrected chi connectivity index (χ1v) is 6.92. The zero-order valence-corrected chi connectivity index (χ0v) is 11.9. The Morgan fingerprint density at radius 2 is 2.10 bits per heavy atom. The number of hydrogen-bond acceptors (Lipinski definition) is 3. The number of hydrogen-bond donors (Lipinski definition) is 1. The molecule has 1 aliphatic rings. The van der Waals surface area contributed by atoms with Crippen molar-refractivity contribution in [1.29, 1.82) is 0 Å².